The van der Waals surface area contributed by atoms with Crippen molar-refractivity contribution in [1.82, 2.24) is 10.2 Å². The average molecular weight is 258 g/mol. The molecule has 0 bridgehead atoms. The fraction of sp³-hybridized carbons (Fsp3) is 0.417. The van der Waals surface area contributed by atoms with Gasteiger partial charge in [0.05, 0.1) is 6.42 Å². The standard InChI is InChI=1S/C12H13F3N2O/c13-8-5-10(14)9(11(15)6-8)7-12(18)17-3-1-16-2-4-17/h5-6,16H,1-4,7H2. The van der Waals surface area contributed by atoms with Crippen LogP contribution in [0.4, 0.5) is 13.2 Å². The molecule has 1 aliphatic rings. The zero-order valence-electron chi connectivity index (χ0n) is 9.68. The fourth-order valence-corrected chi connectivity index (χ4v) is 1.92. The van der Waals surface area contributed by atoms with E-state index >= 15 is 0 Å². The van der Waals surface area contributed by atoms with Crippen LogP contribution < -0.4 is 5.32 Å². The number of rotatable bonds is 2. The first-order valence-corrected chi connectivity index (χ1v) is 5.70. The van der Waals surface area contributed by atoms with Crippen LogP contribution in [-0.2, 0) is 11.2 Å². The van der Waals surface area contributed by atoms with Crippen molar-refractivity contribution in [1.29, 1.82) is 0 Å². The molecule has 98 valence electrons. The molecule has 1 aliphatic heterocycles. The Balaban J connectivity index is 2.11. The van der Waals surface area contributed by atoms with Crippen molar-refractivity contribution < 1.29 is 18.0 Å². The van der Waals surface area contributed by atoms with Gasteiger partial charge in [0.1, 0.15) is 17.5 Å². The van der Waals surface area contributed by atoms with Gasteiger partial charge in [0.2, 0.25) is 5.91 Å². The summed E-state index contributed by atoms with van der Waals surface area (Å²) in [5.41, 5.74) is -0.375. The van der Waals surface area contributed by atoms with Crippen molar-refractivity contribution in [2.75, 3.05) is 26.2 Å². The molecule has 2 rings (SSSR count). The minimum Gasteiger partial charge on any atom is -0.340 e. The van der Waals surface area contributed by atoms with Crippen LogP contribution >= 0.6 is 0 Å². The maximum absolute atomic E-state index is 13.4. The summed E-state index contributed by atoms with van der Waals surface area (Å²) in [6, 6.07) is 1.17. The van der Waals surface area contributed by atoms with Gasteiger partial charge in [0.15, 0.2) is 0 Å². The molecule has 1 heterocycles. The number of nitrogens with zero attached hydrogens (tertiary/aromatic N) is 1. The quantitative estimate of drug-likeness (QED) is 0.861. The van der Waals surface area contributed by atoms with E-state index in [2.05, 4.69) is 5.32 Å². The first kappa shape index (κ1) is 12.9. The Hall–Kier alpha value is -1.56. The van der Waals surface area contributed by atoms with E-state index in [0.29, 0.717) is 38.3 Å². The van der Waals surface area contributed by atoms with Crippen molar-refractivity contribution in [2.45, 2.75) is 6.42 Å². The van der Waals surface area contributed by atoms with Crippen LogP contribution in [0.15, 0.2) is 12.1 Å². The summed E-state index contributed by atoms with van der Waals surface area (Å²) in [6.45, 7) is 2.37. The van der Waals surface area contributed by atoms with E-state index in [1.807, 2.05) is 0 Å². The van der Waals surface area contributed by atoms with Gasteiger partial charge in [-0.25, -0.2) is 13.2 Å². The second kappa shape index (κ2) is 5.39. The zero-order valence-corrected chi connectivity index (χ0v) is 9.68. The minimum atomic E-state index is -1.02. The van der Waals surface area contributed by atoms with Crippen LogP contribution in [0.3, 0.4) is 0 Å². The number of hydrogen-bond acceptors (Lipinski definition) is 2. The van der Waals surface area contributed by atoms with Crippen LogP contribution in [0.2, 0.25) is 0 Å². The van der Waals surface area contributed by atoms with E-state index in [9.17, 15) is 18.0 Å². The summed E-state index contributed by atoms with van der Waals surface area (Å²) in [7, 11) is 0. The van der Waals surface area contributed by atoms with E-state index < -0.39 is 17.5 Å². The predicted octanol–water partition coefficient (Wildman–Crippen LogP) is 1.08. The first-order chi connectivity index (χ1) is 8.58. The highest BCUT2D eigenvalue weighted by molar-refractivity contribution is 5.79. The second-order valence-corrected chi connectivity index (χ2v) is 4.16. The Kier molecular flexibility index (Phi) is 3.86. The molecule has 1 amide bonds. The first-order valence-electron chi connectivity index (χ1n) is 5.70. The lowest BCUT2D eigenvalue weighted by atomic mass is 10.1. The maximum atomic E-state index is 13.4. The molecule has 1 aromatic carbocycles. The molecule has 6 heteroatoms. The van der Waals surface area contributed by atoms with Crippen LogP contribution in [0.25, 0.3) is 0 Å². The molecule has 1 N–H and O–H groups in total. The molecule has 0 atom stereocenters. The minimum absolute atomic E-state index is 0.346. The number of benzene rings is 1. The highest BCUT2D eigenvalue weighted by Gasteiger charge is 2.20. The third-order valence-electron chi connectivity index (χ3n) is 2.90. The molecule has 1 saturated heterocycles. The monoisotopic (exact) mass is 258 g/mol. The Morgan fingerprint density at radius 3 is 2.28 bits per heavy atom. The van der Waals surface area contributed by atoms with E-state index in [1.165, 1.54) is 0 Å². The number of carbonyl (C=O) groups is 1. The molecule has 0 unspecified atom stereocenters. The number of amides is 1. The highest BCUT2D eigenvalue weighted by atomic mass is 19.1. The van der Waals surface area contributed by atoms with Gasteiger partial charge in [0, 0.05) is 43.9 Å². The molecule has 3 nitrogen and oxygen atoms in total. The normalized spacial score (nSPS) is 15.8. The van der Waals surface area contributed by atoms with Gasteiger partial charge >= 0.3 is 0 Å². The Bertz CT molecular complexity index is 436. The summed E-state index contributed by atoms with van der Waals surface area (Å²) in [4.78, 5) is 13.4. The van der Waals surface area contributed by atoms with Crippen molar-refractivity contribution in [2.24, 2.45) is 0 Å². The molecule has 0 aromatic heterocycles. The van der Waals surface area contributed by atoms with Crippen molar-refractivity contribution >= 4 is 5.91 Å². The molecular weight excluding hydrogens is 245 g/mol. The Morgan fingerprint density at radius 2 is 1.72 bits per heavy atom. The Labute approximate surface area is 103 Å². The molecule has 18 heavy (non-hydrogen) atoms. The summed E-state index contributed by atoms with van der Waals surface area (Å²) in [5, 5.41) is 3.07. The van der Waals surface area contributed by atoms with Crippen LogP contribution in [0, 0.1) is 17.5 Å². The largest absolute Gasteiger partial charge is 0.340 e. The molecule has 0 saturated carbocycles. The SMILES string of the molecule is O=C(Cc1c(F)cc(F)cc1F)N1CCNCC1. The Morgan fingerprint density at radius 1 is 1.17 bits per heavy atom. The number of carbonyl (C=O) groups excluding carboxylic acids is 1. The molecular formula is C12H13F3N2O. The van der Waals surface area contributed by atoms with Gasteiger partial charge in [-0.3, -0.25) is 4.79 Å². The van der Waals surface area contributed by atoms with E-state index in [0.717, 1.165) is 0 Å². The van der Waals surface area contributed by atoms with Crippen LogP contribution in [0.1, 0.15) is 5.56 Å². The summed E-state index contributed by atoms with van der Waals surface area (Å²) < 4.78 is 39.5. The second-order valence-electron chi connectivity index (χ2n) is 4.16. The van der Waals surface area contributed by atoms with Gasteiger partial charge < -0.3 is 10.2 Å². The number of halogens is 3. The number of piperazine rings is 1. The van der Waals surface area contributed by atoms with E-state index in [1.54, 1.807) is 4.90 Å². The lowest BCUT2D eigenvalue weighted by molar-refractivity contribution is -0.131. The van der Waals surface area contributed by atoms with Gasteiger partial charge in [-0.15, -0.1) is 0 Å². The predicted molar refractivity (Wildman–Crippen MR) is 59.5 cm³/mol. The van der Waals surface area contributed by atoms with Crippen LogP contribution in [-0.4, -0.2) is 37.0 Å². The lowest BCUT2D eigenvalue weighted by Gasteiger charge is -2.27. The number of nitrogens with one attached hydrogen (secondary N) is 1. The van der Waals surface area contributed by atoms with Crippen molar-refractivity contribution in [3.05, 3.63) is 35.1 Å². The third kappa shape index (κ3) is 2.81. The third-order valence-corrected chi connectivity index (χ3v) is 2.90. The summed E-state index contributed by atoms with van der Waals surface area (Å²) in [5.74, 6) is -3.36. The van der Waals surface area contributed by atoms with Gasteiger partial charge in [-0.2, -0.15) is 0 Å². The molecule has 0 spiro atoms. The van der Waals surface area contributed by atoms with Crippen molar-refractivity contribution in [3.8, 4) is 0 Å². The summed E-state index contributed by atoms with van der Waals surface area (Å²) >= 11 is 0. The van der Waals surface area contributed by atoms with E-state index in [4.69, 9.17) is 0 Å². The smallest absolute Gasteiger partial charge is 0.227 e. The maximum Gasteiger partial charge on any atom is 0.227 e. The van der Waals surface area contributed by atoms with Gasteiger partial charge in [-0.05, 0) is 0 Å². The molecule has 0 aliphatic carbocycles. The van der Waals surface area contributed by atoms with Crippen molar-refractivity contribution in [3.63, 3.8) is 0 Å². The molecule has 1 fully saturated rings. The molecule has 1 aromatic rings. The fourth-order valence-electron chi connectivity index (χ4n) is 1.92. The van der Waals surface area contributed by atoms with Crippen LogP contribution in [0.5, 0.6) is 0 Å². The number of hydrogen-bond donors (Lipinski definition) is 1. The highest BCUT2D eigenvalue weighted by Crippen LogP contribution is 2.16. The zero-order chi connectivity index (χ0) is 13.1. The van der Waals surface area contributed by atoms with Gasteiger partial charge in [0.25, 0.3) is 0 Å². The van der Waals surface area contributed by atoms with Gasteiger partial charge in [-0.1, -0.05) is 0 Å². The molecule has 0 radical (unpaired) electrons. The lowest BCUT2D eigenvalue weighted by Crippen LogP contribution is -2.47. The van der Waals surface area contributed by atoms with E-state index in [-0.39, 0.29) is 17.9 Å². The summed E-state index contributed by atoms with van der Waals surface area (Å²) in [6.07, 6.45) is -0.377. The average Bonchev–Trinajstić information content (AvgIpc) is 2.34. The topological polar surface area (TPSA) is 32.3 Å².